The van der Waals surface area contributed by atoms with Crippen molar-refractivity contribution < 1.29 is 19.4 Å². The molecule has 0 atom stereocenters. The van der Waals surface area contributed by atoms with Crippen LogP contribution in [-0.4, -0.2) is 23.7 Å². The molecule has 1 N–H and O–H groups in total. The van der Waals surface area contributed by atoms with E-state index in [0.29, 0.717) is 17.0 Å². The van der Waals surface area contributed by atoms with E-state index in [1.165, 1.54) is 6.08 Å². The molecule has 0 saturated carbocycles. The zero-order valence-electron chi connectivity index (χ0n) is 11.9. The van der Waals surface area contributed by atoms with Crippen molar-refractivity contribution in [2.45, 2.75) is 20.3 Å². The third-order valence-electron chi connectivity index (χ3n) is 2.69. The van der Waals surface area contributed by atoms with Crippen molar-refractivity contribution in [1.29, 1.82) is 0 Å². The molecule has 1 aromatic rings. The van der Waals surface area contributed by atoms with Crippen LogP contribution in [0.3, 0.4) is 0 Å². The molecule has 0 aliphatic rings. The quantitative estimate of drug-likeness (QED) is 0.286. The normalized spacial score (nSPS) is 12.1. The molecule has 21 heavy (non-hydrogen) atoms. The number of rotatable bonds is 6. The minimum atomic E-state index is -1.30. The molecule has 5 heteroatoms. The lowest BCUT2D eigenvalue weighted by molar-refractivity contribution is -0.143. The smallest absolute Gasteiger partial charge is 0.345 e. The lowest BCUT2D eigenvalue weighted by Gasteiger charge is -2.04. The SMILES string of the molecule is CCOC(=O)C(=CC(=Cc1ccc(Cl)cc1)CC)C(=O)O. The van der Waals surface area contributed by atoms with E-state index in [9.17, 15) is 9.59 Å². The van der Waals surface area contributed by atoms with Gasteiger partial charge in [0, 0.05) is 5.02 Å². The van der Waals surface area contributed by atoms with Gasteiger partial charge in [0.15, 0.2) is 0 Å². The van der Waals surface area contributed by atoms with Gasteiger partial charge in [0.1, 0.15) is 5.57 Å². The van der Waals surface area contributed by atoms with Gasteiger partial charge >= 0.3 is 11.9 Å². The molecule has 0 aliphatic heterocycles. The van der Waals surface area contributed by atoms with Gasteiger partial charge in [-0.25, -0.2) is 9.59 Å². The van der Waals surface area contributed by atoms with E-state index in [2.05, 4.69) is 0 Å². The molecule has 0 radical (unpaired) electrons. The minimum absolute atomic E-state index is 0.131. The van der Waals surface area contributed by atoms with Crippen LogP contribution in [0.25, 0.3) is 6.08 Å². The summed E-state index contributed by atoms with van der Waals surface area (Å²) < 4.78 is 4.74. The number of carboxylic acids is 1. The summed E-state index contributed by atoms with van der Waals surface area (Å²) in [5.41, 5.74) is 1.21. The molecule has 0 heterocycles. The molecular formula is C16H17ClO4. The largest absolute Gasteiger partial charge is 0.477 e. The number of benzene rings is 1. The second kappa shape index (κ2) is 8.27. The lowest BCUT2D eigenvalue weighted by Crippen LogP contribution is -2.15. The van der Waals surface area contributed by atoms with Gasteiger partial charge in [-0.05, 0) is 42.7 Å². The first-order chi connectivity index (χ1) is 9.97. The van der Waals surface area contributed by atoms with Crippen molar-refractivity contribution in [3.05, 3.63) is 52.1 Å². The molecule has 0 unspecified atom stereocenters. The standard InChI is InChI=1S/C16H17ClO4/c1-3-11(9-12-5-7-13(17)8-6-12)10-14(15(18)19)16(20)21-4-2/h5-10H,3-4H2,1-2H3,(H,18,19). The molecule has 112 valence electrons. The maximum Gasteiger partial charge on any atom is 0.345 e. The van der Waals surface area contributed by atoms with E-state index in [1.807, 2.05) is 19.1 Å². The third kappa shape index (κ3) is 5.44. The van der Waals surface area contributed by atoms with Gasteiger partial charge in [0.05, 0.1) is 6.61 Å². The summed E-state index contributed by atoms with van der Waals surface area (Å²) in [5.74, 6) is -2.13. The van der Waals surface area contributed by atoms with E-state index < -0.39 is 11.9 Å². The highest BCUT2D eigenvalue weighted by molar-refractivity contribution is 6.30. The summed E-state index contributed by atoms with van der Waals surface area (Å²) in [6, 6.07) is 7.12. The van der Waals surface area contributed by atoms with Crippen molar-refractivity contribution in [3.63, 3.8) is 0 Å². The summed E-state index contributed by atoms with van der Waals surface area (Å²) in [6.45, 7) is 3.64. The monoisotopic (exact) mass is 308 g/mol. The van der Waals surface area contributed by atoms with Gasteiger partial charge in [-0.3, -0.25) is 0 Å². The molecule has 1 rings (SSSR count). The van der Waals surface area contributed by atoms with Gasteiger partial charge in [-0.2, -0.15) is 0 Å². The Morgan fingerprint density at radius 3 is 2.33 bits per heavy atom. The number of hydrogen-bond acceptors (Lipinski definition) is 3. The van der Waals surface area contributed by atoms with Crippen LogP contribution in [0.5, 0.6) is 0 Å². The van der Waals surface area contributed by atoms with Crippen LogP contribution in [0.1, 0.15) is 25.8 Å². The number of ether oxygens (including phenoxy) is 1. The Bertz CT molecular complexity index is 570. The Kier molecular flexibility index (Phi) is 6.69. The molecule has 0 aromatic heterocycles. The maximum atomic E-state index is 11.6. The zero-order valence-corrected chi connectivity index (χ0v) is 12.7. The Morgan fingerprint density at radius 1 is 1.24 bits per heavy atom. The van der Waals surface area contributed by atoms with Gasteiger partial charge in [-0.15, -0.1) is 0 Å². The molecule has 0 aliphatic carbocycles. The number of carbonyl (C=O) groups is 2. The molecule has 1 aromatic carbocycles. The average molecular weight is 309 g/mol. The Balaban J connectivity index is 3.11. The van der Waals surface area contributed by atoms with Crippen molar-refractivity contribution in [1.82, 2.24) is 0 Å². The highest BCUT2D eigenvalue weighted by Gasteiger charge is 2.18. The molecule has 4 nitrogen and oxygen atoms in total. The minimum Gasteiger partial charge on any atom is -0.477 e. The summed E-state index contributed by atoms with van der Waals surface area (Å²) in [5, 5.41) is 9.73. The van der Waals surface area contributed by atoms with Crippen LogP contribution in [-0.2, 0) is 14.3 Å². The van der Waals surface area contributed by atoms with Crippen LogP contribution in [0.2, 0.25) is 5.02 Å². The first-order valence-electron chi connectivity index (χ1n) is 6.56. The maximum absolute atomic E-state index is 11.6. The van der Waals surface area contributed by atoms with E-state index in [-0.39, 0.29) is 12.2 Å². The van der Waals surface area contributed by atoms with Crippen molar-refractivity contribution in [2.24, 2.45) is 0 Å². The average Bonchev–Trinajstić information content (AvgIpc) is 2.45. The van der Waals surface area contributed by atoms with Crippen LogP contribution in [0.4, 0.5) is 0 Å². The fraction of sp³-hybridized carbons (Fsp3) is 0.250. The number of esters is 1. The van der Waals surface area contributed by atoms with Gasteiger partial charge in [-0.1, -0.05) is 36.7 Å². The van der Waals surface area contributed by atoms with E-state index in [1.54, 1.807) is 25.1 Å². The topological polar surface area (TPSA) is 63.6 Å². The number of allylic oxidation sites excluding steroid dienone is 2. The van der Waals surface area contributed by atoms with Gasteiger partial charge < -0.3 is 9.84 Å². The van der Waals surface area contributed by atoms with Crippen LogP contribution < -0.4 is 0 Å². The number of aliphatic carboxylic acids is 1. The molecular weight excluding hydrogens is 292 g/mol. The van der Waals surface area contributed by atoms with E-state index in [4.69, 9.17) is 21.4 Å². The summed E-state index contributed by atoms with van der Waals surface area (Å²) in [7, 11) is 0. The van der Waals surface area contributed by atoms with Gasteiger partial charge in [0.25, 0.3) is 0 Å². The van der Waals surface area contributed by atoms with Crippen LogP contribution in [0, 0.1) is 0 Å². The van der Waals surface area contributed by atoms with Crippen molar-refractivity contribution >= 4 is 29.6 Å². The van der Waals surface area contributed by atoms with Crippen molar-refractivity contribution in [2.75, 3.05) is 6.61 Å². The lowest BCUT2D eigenvalue weighted by atomic mass is 10.1. The summed E-state index contributed by atoms with van der Waals surface area (Å²) in [6.07, 6.45) is 3.73. The first kappa shape index (κ1) is 17.0. The molecule has 0 spiro atoms. The molecule has 0 bridgehead atoms. The van der Waals surface area contributed by atoms with Crippen LogP contribution >= 0.6 is 11.6 Å². The number of carboxylic acid groups (broad SMARTS) is 1. The van der Waals surface area contributed by atoms with Gasteiger partial charge in [0.2, 0.25) is 0 Å². The summed E-state index contributed by atoms with van der Waals surface area (Å²) >= 11 is 5.81. The number of carbonyl (C=O) groups excluding carboxylic acids is 1. The fourth-order valence-corrected chi connectivity index (χ4v) is 1.75. The molecule has 0 saturated heterocycles. The van der Waals surface area contributed by atoms with Crippen LogP contribution in [0.15, 0.2) is 41.5 Å². The fourth-order valence-electron chi connectivity index (χ4n) is 1.62. The number of hydrogen-bond donors (Lipinski definition) is 1. The molecule has 0 amide bonds. The first-order valence-corrected chi connectivity index (χ1v) is 6.94. The zero-order chi connectivity index (χ0) is 15.8. The van der Waals surface area contributed by atoms with E-state index in [0.717, 1.165) is 5.56 Å². The predicted octanol–water partition coefficient (Wildman–Crippen LogP) is 3.71. The Hall–Kier alpha value is -2.07. The second-order valence-corrected chi connectivity index (χ2v) is 4.64. The second-order valence-electron chi connectivity index (χ2n) is 4.21. The summed E-state index contributed by atoms with van der Waals surface area (Å²) in [4.78, 5) is 22.8. The molecule has 0 fully saturated rings. The Labute approximate surface area is 128 Å². The third-order valence-corrected chi connectivity index (χ3v) is 2.94. The van der Waals surface area contributed by atoms with Crippen molar-refractivity contribution in [3.8, 4) is 0 Å². The predicted molar refractivity (Wildman–Crippen MR) is 82.1 cm³/mol. The highest BCUT2D eigenvalue weighted by atomic mass is 35.5. The number of halogens is 1. The highest BCUT2D eigenvalue weighted by Crippen LogP contribution is 2.16. The Morgan fingerprint density at radius 2 is 1.86 bits per heavy atom. The van der Waals surface area contributed by atoms with E-state index >= 15 is 0 Å².